The van der Waals surface area contributed by atoms with E-state index in [2.05, 4.69) is 43.4 Å². The van der Waals surface area contributed by atoms with E-state index >= 15 is 0 Å². The molecule has 0 fully saturated rings. The van der Waals surface area contributed by atoms with Crippen molar-refractivity contribution >= 4 is 11.6 Å². The third-order valence-electron chi connectivity index (χ3n) is 3.68. The van der Waals surface area contributed by atoms with E-state index in [0.717, 1.165) is 18.4 Å². The fourth-order valence-corrected chi connectivity index (χ4v) is 2.41. The SMILES string of the molecule is CC(C)(CCc1ccccc1)NCc1cc(Cl)ccc1O. The topological polar surface area (TPSA) is 32.3 Å². The standard InChI is InChI=1S/C18H22ClNO/c1-18(2,11-10-14-6-4-3-5-7-14)20-13-15-12-16(19)8-9-17(15)21/h3-9,12,20-21H,10-11,13H2,1-2H3. The maximum Gasteiger partial charge on any atom is 0.120 e. The van der Waals surface area contributed by atoms with Crippen LogP contribution in [0.5, 0.6) is 5.75 Å². The van der Waals surface area contributed by atoms with Crippen LogP contribution in [0.4, 0.5) is 0 Å². The Kier molecular flexibility index (Phi) is 5.27. The predicted molar refractivity (Wildman–Crippen MR) is 88.8 cm³/mol. The number of hydrogen-bond donors (Lipinski definition) is 2. The van der Waals surface area contributed by atoms with Crippen LogP contribution in [-0.4, -0.2) is 10.6 Å². The molecule has 0 saturated carbocycles. The molecular weight excluding hydrogens is 282 g/mol. The van der Waals surface area contributed by atoms with E-state index in [-0.39, 0.29) is 11.3 Å². The van der Waals surface area contributed by atoms with Gasteiger partial charge in [-0.3, -0.25) is 0 Å². The van der Waals surface area contributed by atoms with Crippen molar-refractivity contribution in [1.82, 2.24) is 5.32 Å². The number of halogens is 1. The van der Waals surface area contributed by atoms with Crippen molar-refractivity contribution in [2.75, 3.05) is 0 Å². The van der Waals surface area contributed by atoms with Gasteiger partial charge in [0.05, 0.1) is 0 Å². The lowest BCUT2D eigenvalue weighted by Gasteiger charge is -2.27. The fourth-order valence-electron chi connectivity index (χ4n) is 2.22. The second-order valence-corrected chi connectivity index (χ2v) is 6.43. The van der Waals surface area contributed by atoms with Gasteiger partial charge in [0.15, 0.2) is 0 Å². The number of aromatic hydroxyl groups is 1. The molecule has 0 bridgehead atoms. The van der Waals surface area contributed by atoms with Gasteiger partial charge >= 0.3 is 0 Å². The fraction of sp³-hybridized carbons (Fsp3) is 0.333. The Hall–Kier alpha value is -1.51. The molecule has 2 nitrogen and oxygen atoms in total. The third kappa shape index (κ3) is 5.07. The number of phenolic OH excluding ortho intramolecular Hbond substituents is 1. The van der Waals surface area contributed by atoms with Crippen LogP contribution in [0.2, 0.25) is 5.02 Å². The quantitative estimate of drug-likeness (QED) is 0.820. The Morgan fingerprint density at radius 3 is 2.52 bits per heavy atom. The van der Waals surface area contributed by atoms with E-state index in [1.54, 1.807) is 18.2 Å². The summed E-state index contributed by atoms with van der Waals surface area (Å²) < 4.78 is 0. The Labute approximate surface area is 131 Å². The summed E-state index contributed by atoms with van der Waals surface area (Å²) in [4.78, 5) is 0. The van der Waals surface area contributed by atoms with Crippen LogP contribution in [0, 0.1) is 0 Å². The number of phenols is 1. The molecule has 2 rings (SSSR count). The number of aryl methyl sites for hydroxylation is 1. The van der Waals surface area contributed by atoms with E-state index in [1.807, 2.05) is 6.07 Å². The van der Waals surface area contributed by atoms with Gasteiger partial charge in [-0.1, -0.05) is 41.9 Å². The summed E-state index contributed by atoms with van der Waals surface area (Å²) in [5.41, 5.74) is 2.16. The molecule has 0 aliphatic rings. The van der Waals surface area contributed by atoms with E-state index in [0.29, 0.717) is 11.6 Å². The second-order valence-electron chi connectivity index (χ2n) is 6.00. The zero-order valence-corrected chi connectivity index (χ0v) is 13.3. The summed E-state index contributed by atoms with van der Waals surface area (Å²) in [6, 6.07) is 15.6. The molecule has 0 unspecified atom stereocenters. The summed E-state index contributed by atoms with van der Waals surface area (Å²) in [7, 11) is 0. The van der Waals surface area contributed by atoms with Crippen molar-refractivity contribution in [2.24, 2.45) is 0 Å². The van der Waals surface area contributed by atoms with Gasteiger partial charge in [0, 0.05) is 22.7 Å². The lowest BCUT2D eigenvalue weighted by Crippen LogP contribution is -2.39. The minimum atomic E-state index is -0.00933. The summed E-state index contributed by atoms with van der Waals surface area (Å²) in [5, 5.41) is 14.0. The largest absolute Gasteiger partial charge is 0.508 e. The normalized spacial score (nSPS) is 11.6. The highest BCUT2D eigenvalue weighted by Gasteiger charge is 2.17. The first kappa shape index (κ1) is 15.9. The van der Waals surface area contributed by atoms with Crippen LogP contribution in [0.1, 0.15) is 31.4 Å². The number of benzene rings is 2. The Morgan fingerprint density at radius 2 is 1.81 bits per heavy atom. The first-order valence-electron chi connectivity index (χ1n) is 7.23. The van der Waals surface area contributed by atoms with Crippen LogP contribution in [0.3, 0.4) is 0 Å². The van der Waals surface area contributed by atoms with Gasteiger partial charge in [0.1, 0.15) is 5.75 Å². The molecule has 0 atom stereocenters. The highest BCUT2D eigenvalue weighted by Crippen LogP contribution is 2.22. The molecule has 0 spiro atoms. The summed E-state index contributed by atoms with van der Waals surface area (Å²) in [6.45, 7) is 4.96. The monoisotopic (exact) mass is 303 g/mol. The van der Waals surface area contributed by atoms with Gasteiger partial charge in [-0.15, -0.1) is 0 Å². The molecular formula is C18H22ClNO. The summed E-state index contributed by atoms with van der Waals surface area (Å²) >= 11 is 5.97. The molecule has 0 aliphatic carbocycles. The average molecular weight is 304 g/mol. The van der Waals surface area contributed by atoms with Gasteiger partial charge in [-0.05, 0) is 50.5 Å². The Balaban J connectivity index is 1.90. The molecule has 3 heteroatoms. The highest BCUT2D eigenvalue weighted by atomic mass is 35.5. The van der Waals surface area contributed by atoms with Crippen LogP contribution < -0.4 is 5.32 Å². The Bertz CT molecular complexity index is 581. The van der Waals surface area contributed by atoms with Gasteiger partial charge in [0.25, 0.3) is 0 Å². The van der Waals surface area contributed by atoms with Crippen LogP contribution >= 0.6 is 11.6 Å². The lowest BCUT2D eigenvalue weighted by atomic mass is 9.95. The van der Waals surface area contributed by atoms with Gasteiger partial charge in [-0.25, -0.2) is 0 Å². The zero-order valence-electron chi connectivity index (χ0n) is 12.6. The van der Waals surface area contributed by atoms with E-state index in [9.17, 15) is 5.11 Å². The molecule has 0 saturated heterocycles. The molecule has 2 aromatic rings. The van der Waals surface area contributed by atoms with Crippen molar-refractivity contribution in [3.05, 3.63) is 64.7 Å². The van der Waals surface area contributed by atoms with Crippen LogP contribution in [0.25, 0.3) is 0 Å². The van der Waals surface area contributed by atoms with Gasteiger partial charge < -0.3 is 10.4 Å². The molecule has 112 valence electrons. The second kappa shape index (κ2) is 6.97. The summed E-state index contributed by atoms with van der Waals surface area (Å²) in [6.07, 6.45) is 2.06. The molecule has 2 N–H and O–H groups in total. The first-order valence-corrected chi connectivity index (χ1v) is 7.60. The molecule has 0 amide bonds. The molecule has 2 aromatic carbocycles. The number of rotatable bonds is 6. The first-order chi connectivity index (χ1) is 9.96. The van der Waals surface area contributed by atoms with Crippen molar-refractivity contribution in [2.45, 2.75) is 38.8 Å². The van der Waals surface area contributed by atoms with Crippen molar-refractivity contribution in [3.8, 4) is 5.75 Å². The zero-order chi connectivity index (χ0) is 15.3. The molecule has 0 radical (unpaired) electrons. The van der Waals surface area contributed by atoms with Crippen LogP contribution in [0.15, 0.2) is 48.5 Å². The smallest absolute Gasteiger partial charge is 0.120 e. The molecule has 0 aromatic heterocycles. The molecule has 0 aliphatic heterocycles. The number of hydrogen-bond acceptors (Lipinski definition) is 2. The third-order valence-corrected chi connectivity index (χ3v) is 3.92. The van der Waals surface area contributed by atoms with Gasteiger partial charge in [-0.2, -0.15) is 0 Å². The average Bonchev–Trinajstić information content (AvgIpc) is 2.47. The minimum Gasteiger partial charge on any atom is -0.508 e. The summed E-state index contributed by atoms with van der Waals surface area (Å²) in [5.74, 6) is 0.283. The van der Waals surface area contributed by atoms with Crippen molar-refractivity contribution in [3.63, 3.8) is 0 Å². The molecule has 21 heavy (non-hydrogen) atoms. The van der Waals surface area contributed by atoms with Gasteiger partial charge in [0.2, 0.25) is 0 Å². The molecule has 0 heterocycles. The highest BCUT2D eigenvalue weighted by molar-refractivity contribution is 6.30. The number of nitrogens with one attached hydrogen (secondary N) is 1. The van der Waals surface area contributed by atoms with E-state index < -0.39 is 0 Å². The van der Waals surface area contributed by atoms with Crippen LogP contribution in [-0.2, 0) is 13.0 Å². The van der Waals surface area contributed by atoms with Crippen molar-refractivity contribution in [1.29, 1.82) is 0 Å². The minimum absolute atomic E-state index is 0.00933. The lowest BCUT2D eigenvalue weighted by molar-refractivity contribution is 0.356. The predicted octanol–water partition coefficient (Wildman–Crippen LogP) is 4.55. The van der Waals surface area contributed by atoms with E-state index in [4.69, 9.17) is 11.6 Å². The maximum absolute atomic E-state index is 9.84. The maximum atomic E-state index is 9.84. The Morgan fingerprint density at radius 1 is 1.10 bits per heavy atom. The van der Waals surface area contributed by atoms with Crippen molar-refractivity contribution < 1.29 is 5.11 Å². The van der Waals surface area contributed by atoms with E-state index in [1.165, 1.54) is 5.56 Å².